The van der Waals surface area contributed by atoms with Crippen molar-refractivity contribution in [3.8, 4) is 5.75 Å². The van der Waals surface area contributed by atoms with Crippen LogP contribution < -0.4 is 5.32 Å². The number of ether oxygens (including phenoxy) is 1. The van der Waals surface area contributed by atoms with Crippen LogP contribution in [0.25, 0.3) is 10.8 Å². The van der Waals surface area contributed by atoms with E-state index in [-0.39, 0.29) is 24.7 Å². The molecule has 1 amide bonds. The number of hydrogen-bond donors (Lipinski definition) is 2. The lowest BCUT2D eigenvalue weighted by Gasteiger charge is -2.18. The largest absolute Gasteiger partial charge is 0.508 e. The highest BCUT2D eigenvalue weighted by atomic mass is 16.5. The number of carbonyl (C=O) groups excluding carboxylic acids is 2. The molecule has 27 heavy (non-hydrogen) atoms. The van der Waals surface area contributed by atoms with Gasteiger partial charge in [-0.2, -0.15) is 0 Å². The zero-order chi connectivity index (χ0) is 19.2. The Hall–Kier alpha value is -3.34. The second-order valence-corrected chi connectivity index (χ2v) is 6.18. The second-order valence-electron chi connectivity index (χ2n) is 6.18. The maximum absolute atomic E-state index is 12.9. The SMILES string of the molecule is CCOC(=O)[C@H](Cc1ccc(O)cc1)NC(=O)c1cccc2ccccc12. The lowest BCUT2D eigenvalue weighted by molar-refractivity contribution is -0.145. The molecule has 1 atom stereocenters. The smallest absolute Gasteiger partial charge is 0.328 e. The Morgan fingerprint density at radius 1 is 1.00 bits per heavy atom. The number of phenolic OH excluding ortho intramolecular Hbond substituents is 1. The van der Waals surface area contributed by atoms with Gasteiger partial charge in [-0.15, -0.1) is 0 Å². The summed E-state index contributed by atoms with van der Waals surface area (Å²) < 4.78 is 5.12. The molecular formula is C22H21NO4. The Bertz CT molecular complexity index is 945. The van der Waals surface area contributed by atoms with Gasteiger partial charge in [0, 0.05) is 12.0 Å². The monoisotopic (exact) mass is 363 g/mol. The molecule has 0 aromatic heterocycles. The number of rotatable bonds is 6. The van der Waals surface area contributed by atoms with E-state index in [0.717, 1.165) is 16.3 Å². The molecule has 0 fully saturated rings. The van der Waals surface area contributed by atoms with E-state index in [1.54, 1.807) is 37.3 Å². The van der Waals surface area contributed by atoms with Crippen LogP contribution in [-0.4, -0.2) is 29.6 Å². The lowest BCUT2D eigenvalue weighted by Crippen LogP contribution is -2.43. The molecule has 0 saturated carbocycles. The quantitative estimate of drug-likeness (QED) is 0.658. The number of phenols is 1. The summed E-state index contributed by atoms with van der Waals surface area (Å²) >= 11 is 0. The lowest BCUT2D eigenvalue weighted by atomic mass is 10.0. The highest BCUT2D eigenvalue weighted by Gasteiger charge is 2.24. The van der Waals surface area contributed by atoms with Gasteiger partial charge < -0.3 is 15.2 Å². The van der Waals surface area contributed by atoms with Crippen LogP contribution in [0.3, 0.4) is 0 Å². The molecule has 0 saturated heterocycles. The first-order chi connectivity index (χ1) is 13.1. The van der Waals surface area contributed by atoms with Crippen molar-refractivity contribution in [1.82, 2.24) is 5.32 Å². The summed E-state index contributed by atoms with van der Waals surface area (Å²) in [5.74, 6) is -0.672. The normalized spacial score (nSPS) is 11.7. The predicted octanol–water partition coefficient (Wildman–Crippen LogP) is 3.45. The van der Waals surface area contributed by atoms with Gasteiger partial charge in [-0.3, -0.25) is 4.79 Å². The topological polar surface area (TPSA) is 75.6 Å². The average Bonchev–Trinajstić information content (AvgIpc) is 2.68. The number of aromatic hydroxyl groups is 1. The van der Waals surface area contributed by atoms with Crippen LogP contribution >= 0.6 is 0 Å². The third-order valence-electron chi connectivity index (χ3n) is 4.29. The average molecular weight is 363 g/mol. The van der Waals surface area contributed by atoms with Crippen molar-refractivity contribution < 1.29 is 19.4 Å². The Balaban J connectivity index is 1.85. The molecule has 0 aliphatic rings. The summed E-state index contributed by atoms with van der Waals surface area (Å²) in [6, 6.07) is 18.8. The molecule has 0 aliphatic heterocycles. The number of nitrogens with one attached hydrogen (secondary N) is 1. The van der Waals surface area contributed by atoms with E-state index in [1.165, 1.54) is 0 Å². The van der Waals surface area contributed by atoms with E-state index in [9.17, 15) is 14.7 Å². The fourth-order valence-electron chi connectivity index (χ4n) is 2.96. The number of carbonyl (C=O) groups is 2. The molecule has 3 rings (SSSR count). The minimum absolute atomic E-state index is 0.145. The molecule has 0 radical (unpaired) electrons. The number of fused-ring (bicyclic) bond motifs is 1. The van der Waals surface area contributed by atoms with Gasteiger partial charge in [-0.05, 0) is 41.5 Å². The number of amides is 1. The van der Waals surface area contributed by atoms with Crippen LogP contribution in [0.1, 0.15) is 22.8 Å². The fourth-order valence-corrected chi connectivity index (χ4v) is 2.96. The Morgan fingerprint density at radius 3 is 2.44 bits per heavy atom. The van der Waals surface area contributed by atoms with Gasteiger partial charge in [0.25, 0.3) is 5.91 Å². The molecule has 3 aromatic carbocycles. The van der Waals surface area contributed by atoms with Gasteiger partial charge in [0.1, 0.15) is 11.8 Å². The summed E-state index contributed by atoms with van der Waals surface area (Å²) in [5, 5.41) is 14.0. The van der Waals surface area contributed by atoms with Crippen LogP contribution in [0.15, 0.2) is 66.7 Å². The van der Waals surface area contributed by atoms with Gasteiger partial charge in [0.05, 0.1) is 6.61 Å². The third-order valence-corrected chi connectivity index (χ3v) is 4.29. The van der Waals surface area contributed by atoms with E-state index in [1.807, 2.05) is 36.4 Å². The van der Waals surface area contributed by atoms with E-state index >= 15 is 0 Å². The zero-order valence-corrected chi connectivity index (χ0v) is 15.0. The molecule has 0 spiro atoms. The molecule has 2 N–H and O–H groups in total. The van der Waals surface area contributed by atoms with Gasteiger partial charge >= 0.3 is 5.97 Å². The van der Waals surface area contributed by atoms with Crippen molar-refractivity contribution in [2.45, 2.75) is 19.4 Å². The number of benzene rings is 3. The third kappa shape index (κ3) is 4.44. The zero-order valence-electron chi connectivity index (χ0n) is 15.0. The van der Waals surface area contributed by atoms with Crippen molar-refractivity contribution in [3.05, 3.63) is 77.9 Å². The summed E-state index contributed by atoms with van der Waals surface area (Å²) in [4.78, 5) is 25.2. The fraction of sp³-hybridized carbons (Fsp3) is 0.182. The summed E-state index contributed by atoms with van der Waals surface area (Å²) in [6.07, 6.45) is 0.273. The highest BCUT2D eigenvalue weighted by Crippen LogP contribution is 2.19. The Kier molecular flexibility index (Phi) is 5.71. The van der Waals surface area contributed by atoms with Crippen LogP contribution in [0.2, 0.25) is 0 Å². The first-order valence-electron chi connectivity index (χ1n) is 8.81. The Labute approximate surface area is 157 Å². The molecule has 0 bridgehead atoms. The summed E-state index contributed by atoms with van der Waals surface area (Å²) in [6.45, 7) is 1.96. The van der Waals surface area contributed by atoms with Gasteiger partial charge in [-0.25, -0.2) is 4.79 Å². The first kappa shape index (κ1) is 18.5. The van der Waals surface area contributed by atoms with Gasteiger partial charge in [0.15, 0.2) is 0 Å². The maximum Gasteiger partial charge on any atom is 0.328 e. The minimum atomic E-state index is -0.819. The van der Waals surface area contributed by atoms with Gasteiger partial charge in [0.2, 0.25) is 0 Å². The second kappa shape index (κ2) is 8.36. The van der Waals surface area contributed by atoms with Gasteiger partial charge in [-0.1, -0.05) is 48.5 Å². The molecule has 0 aliphatic carbocycles. The van der Waals surface area contributed by atoms with Crippen molar-refractivity contribution in [2.75, 3.05) is 6.61 Å². The van der Waals surface area contributed by atoms with Crippen molar-refractivity contribution in [3.63, 3.8) is 0 Å². The number of hydrogen-bond acceptors (Lipinski definition) is 4. The van der Waals surface area contributed by atoms with Crippen molar-refractivity contribution >= 4 is 22.6 Å². The molecule has 5 heteroatoms. The standard InChI is InChI=1S/C22H21NO4/c1-2-27-22(26)20(14-15-10-12-17(24)13-11-15)23-21(25)19-9-5-7-16-6-3-4-8-18(16)19/h3-13,20,24H,2,14H2,1H3,(H,23,25)/t20-/m0/s1. The van der Waals surface area contributed by atoms with Crippen molar-refractivity contribution in [1.29, 1.82) is 0 Å². The molecule has 3 aromatic rings. The predicted molar refractivity (Wildman–Crippen MR) is 104 cm³/mol. The molecule has 138 valence electrons. The summed E-state index contributed by atoms with van der Waals surface area (Å²) in [5.41, 5.74) is 1.32. The van der Waals surface area contributed by atoms with Crippen LogP contribution in [-0.2, 0) is 16.0 Å². The van der Waals surface area contributed by atoms with Crippen LogP contribution in [0.5, 0.6) is 5.75 Å². The highest BCUT2D eigenvalue weighted by molar-refractivity contribution is 6.08. The summed E-state index contributed by atoms with van der Waals surface area (Å²) in [7, 11) is 0. The van der Waals surface area contributed by atoms with Crippen molar-refractivity contribution in [2.24, 2.45) is 0 Å². The molecule has 0 unspecified atom stereocenters. The van der Waals surface area contributed by atoms with E-state index in [0.29, 0.717) is 5.56 Å². The van der Waals surface area contributed by atoms with E-state index in [4.69, 9.17) is 4.74 Å². The molecular weight excluding hydrogens is 342 g/mol. The van der Waals surface area contributed by atoms with E-state index < -0.39 is 12.0 Å². The van der Waals surface area contributed by atoms with Crippen LogP contribution in [0.4, 0.5) is 0 Å². The Morgan fingerprint density at radius 2 is 1.70 bits per heavy atom. The molecule has 5 nitrogen and oxygen atoms in total. The van der Waals surface area contributed by atoms with Crippen LogP contribution in [0, 0.1) is 0 Å². The van der Waals surface area contributed by atoms with E-state index in [2.05, 4.69) is 5.32 Å². The first-order valence-corrected chi connectivity index (χ1v) is 8.81. The number of esters is 1. The minimum Gasteiger partial charge on any atom is -0.508 e. The molecule has 0 heterocycles. The maximum atomic E-state index is 12.9.